The van der Waals surface area contributed by atoms with Gasteiger partial charge in [-0.2, -0.15) is 4.39 Å². The number of nitro groups is 1. The fourth-order valence-corrected chi connectivity index (χ4v) is 2.42. The van der Waals surface area contributed by atoms with Crippen molar-refractivity contribution in [1.29, 1.82) is 0 Å². The molecule has 1 aromatic heterocycles. The summed E-state index contributed by atoms with van der Waals surface area (Å²) in [6.45, 7) is 3.58. The third-order valence-electron chi connectivity index (χ3n) is 2.91. The average molecular weight is 339 g/mol. The second kappa shape index (κ2) is 7.18. The van der Waals surface area contributed by atoms with Gasteiger partial charge in [-0.25, -0.2) is 4.98 Å². The van der Waals surface area contributed by atoms with E-state index >= 15 is 0 Å². The van der Waals surface area contributed by atoms with Crippen LogP contribution in [0.2, 0.25) is 0 Å². The normalized spacial score (nSPS) is 12.0. The van der Waals surface area contributed by atoms with Crippen LogP contribution in [0.3, 0.4) is 0 Å². The third kappa shape index (κ3) is 4.25. The minimum Gasteiger partial charge on any atom is -0.325 e. The number of rotatable bonds is 6. The summed E-state index contributed by atoms with van der Waals surface area (Å²) in [7, 11) is 0. The molecule has 122 valence electrons. The van der Waals surface area contributed by atoms with Gasteiger partial charge in [-0.1, -0.05) is 18.7 Å². The molecule has 0 spiro atoms. The van der Waals surface area contributed by atoms with Gasteiger partial charge in [0.15, 0.2) is 0 Å². The lowest BCUT2D eigenvalue weighted by Gasteiger charge is -2.10. The predicted molar refractivity (Wildman–Crippen MR) is 82.8 cm³/mol. The molecule has 0 aliphatic heterocycles. The summed E-state index contributed by atoms with van der Waals surface area (Å²) < 4.78 is 13.3. The van der Waals surface area contributed by atoms with E-state index in [-0.39, 0.29) is 5.69 Å². The van der Waals surface area contributed by atoms with Gasteiger partial charge in [0, 0.05) is 18.2 Å². The number of nitro benzene ring substituents is 1. The Morgan fingerprint density at radius 1 is 1.57 bits per heavy atom. The summed E-state index contributed by atoms with van der Waals surface area (Å²) in [5.74, 6) is -0.628. The van der Waals surface area contributed by atoms with E-state index in [1.165, 1.54) is 6.07 Å². The van der Waals surface area contributed by atoms with Crippen LogP contribution in [0.25, 0.3) is 0 Å². The molecule has 0 aliphatic rings. The maximum atomic E-state index is 13.3. The van der Waals surface area contributed by atoms with Gasteiger partial charge in [0.1, 0.15) is 5.82 Å². The lowest BCUT2D eigenvalue weighted by molar-refractivity contribution is -0.387. The number of thioether (sulfide) groups is 1. The number of aryl methyl sites for hydroxylation is 1. The topological polar surface area (TPSA) is 114 Å². The van der Waals surface area contributed by atoms with Crippen LogP contribution in [0, 0.1) is 15.9 Å². The number of benzene rings is 1. The Kier molecular flexibility index (Phi) is 5.27. The quantitative estimate of drug-likeness (QED) is 0.475. The number of hydrogen-bond donors (Lipinski definition) is 2. The van der Waals surface area contributed by atoms with Crippen LogP contribution >= 0.6 is 11.8 Å². The zero-order valence-electron chi connectivity index (χ0n) is 12.4. The zero-order chi connectivity index (χ0) is 17.0. The number of anilines is 1. The average Bonchev–Trinajstić information content (AvgIpc) is 2.96. The summed E-state index contributed by atoms with van der Waals surface area (Å²) in [6.07, 6.45) is 0.702. The van der Waals surface area contributed by atoms with E-state index in [0.29, 0.717) is 17.4 Å². The minimum atomic E-state index is -0.955. The monoisotopic (exact) mass is 339 g/mol. The molecule has 1 unspecified atom stereocenters. The van der Waals surface area contributed by atoms with E-state index < -0.39 is 27.6 Å². The van der Waals surface area contributed by atoms with Gasteiger partial charge < -0.3 is 5.32 Å². The molecule has 2 N–H and O–H groups in total. The first-order chi connectivity index (χ1) is 10.9. The second-order valence-corrected chi connectivity index (χ2v) is 5.90. The van der Waals surface area contributed by atoms with Gasteiger partial charge in [0.2, 0.25) is 16.9 Å². The number of hydrogen-bond acceptors (Lipinski definition) is 6. The molecule has 1 aromatic carbocycles. The molecule has 1 heterocycles. The fourth-order valence-electron chi connectivity index (χ4n) is 1.67. The molecule has 0 saturated carbocycles. The Labute approximate surface area is 135 Å². The Morgan fingerprint density at radius 3 is 2.91 bits per heavy atom. The van der Waals surface area contributed by atoms with Crippen LogP contribution < -0.4 is 5.32 Å². The Hall–Kier alpha value is -2.49. The first-order valence-corrected chi connectivity index (χ1v) is 7.61. The van der Waals surface area contributed by atoms with E-state index in [4.69, 9.17) is 0 Å². The number of aromatic nitrogens is 3. The molecule has 1 amide bonds. The number of nitrogens with zero attached hydrogens (tertiary/aromatic N) is 3. The van der Waals surface area contributed by atoms with E-state index in [2.05, 4.69) is 20.5 Å². The molecule has 2 aromatic rings. The molecule has 1 atom stereocenters. The number of nitrogens with one attached hydrogen (secondary N) is 2. The van der Waals surface area contributed by atoms with Crippen molar-refractivity contribution in [2.45, 2.75) is 30.7 Å². The summed E-state index contributed by atoms with van der Waals surface area (Å²) in [4.78, 5) is 26.1. The number of carbonyl (C=O) groups excluding carboxylic acids is 1. The van der Waals surface area contributed by atoms with Gasteiger partial charge >= 0.3 is 5.69 Å². The number of aromatic amines is 1. The highest BCUT2D eigenvalue weighted by molar-refractivity contribution is 8.00. The van der Waals surface area contributed by atoms with Gasteiger partial charge in [-0.15, -0.1) is 5.10 Å². The lowest BCUT2D eigenvalue weighted by Crippen LogP contribution is -2.22. The first-order valence-electron chi connectivity index (χ1n) is 6.73. The Bertz CT molecular complexity index is 736. The van der Waals surface area contributed by atoms with Crippen molar-refractivity contribution in [1.82, 2.24) is 15.2 Å². The van der Waals surface area contributed by atoms with Gasteiger partial charge in [0.25, 0.3) is 0 Å². The highest BCUT2D eigenvalue weighted by Crippen LogP contribution is 2.24. The minimum absolute atomic E-state index is 0.153. The predicted octanol–water partition coefficient (Wildman–Crippen LogP) is 2.53. The molecule has 0 bridgehead atoms. The number of H-pyrrole nitrogens is 1. The van der Waals surface area contributed by atoms with Crippen LogP contribution in [0.15, 0.2) is 23.4 Å². The maximum Gasteiger partial charge on any atom is 0.306 e. The number of halogens is 1. The van der Waals surface area contributed by atoms with Crippen LogP contribution in [0.5, 0.6) is 0 Å². The lowest BCUT2D eigenvalue weighted by atomic mass is 10.2. The highest BCUT2D eigenvalue weighted by Gasteiger charge is 2.19. The van der Waals surface area contributed by atoms with E-state index in [0.717, 1.165) is 23.9 Å². The molecule has 10 heteroatoms. The van der Waals surface area contributed by atoms with Crippen molar-refractivity contribution >= 4 is 29.0 Å². The van der Waals surface area contributed by atoms with Crippen molar-refractivity contribution in [3.63, 3.8) is 0 Å². The number of amides is 1. The summed E-state index contributed by atoms with van der Waals surface area (Å²) >= 11 is 1.15. The van der Waals surface area contributed by atoms with Gasteiger partial charge in [0.05, 0.1) is 10.2 Å². The molecule has 0 radical (unpaired) electrons. The standard InChI is InChI=1S/C13H14FN5O3S/c1-3-11-16-13(18-17-11)23-7(2)12(20)15-8-4-5-9(14)10(6-8)19(21)22/h4-7H,3H2,1-2H3,(H,15,20)(H,16,17,18). The highest BCUT2D eigenvalue weighted by atomic mass is 32.2. The number of carbonyl (C=O) groups is 1. The molecule has 23 heavy (non-hydrogen) atoms. The Balaban J connectivity index is 2.03. The van der Waals surface area contributed by atoms with Gasteiger partial charge in [-0.05, 0) is 19.1 Å². The van der Waals surface area contributed by atoms with Crippen molar-refractivity contribution in [2.24, 2.45) is 0 Å². The summed E-state index contributed by atoms with van der Waals surface area (Å²) in [6, 6.07) is 3.18. The third-order valence-corrected chi connectivity index (χ3v) is 3.87. The van der Waals surface area contributed by atoms with Crippen LogP contribution in [0.1, 0.15) is 19.7 Å². The molecule has 0 aliphatic carbocycles. The van der Waals surface area contributed by atoms with Crippen molar-refractivity contribution in [3.8, 4) is 0 Å². The summed E-state index contributed by atoms with van der Waals surface area (Å²) in [5, 5.41) is 19.8. The molecule has 8 nitrogen and oxygen atoms in total. The first kappa shape index (κ1) is 16.9. The van der Waals surface area contributed by atoms with Crippen LogP contribution in [-0.2, 0) is 11.2 Å². The SMILES string of the molecule is CCc1nc(SC(C)C(=O)Nc2ccc(F)c([N+](=O)[O-])c2)n[nH]1. The smallest absolute Gasteiger partial charge is 0.306 e. The molecule has 0 saturated heterocycles. The van der Waals surface area contributed by atoms with Crippen molar-refractivity contribution in [2.75, 3.05) is 5.32 Å². The van der Waals surface area contributed by atoms with Crippen LogP contribution in [0.4, 0.5) is 15.8 Å². The summed E-state index contributed by atoms with van der Waals surface area (Å²) in [5.41, 5.74) is -0.538. The van der Waals surface area contributed by atoms with E-state index in [1.807, 2.05) is 6.92 Å². The molecule has 0 fully saturated rings. The van der Waals surface area contributed by atoms with Gasteiger partial charge in [-0.3, -0.25) is 20.0 Å². The maximum absolute atomic E-state index is 13.3. The van der Waals surface area contributed by atoms with Crippen molar-refractivity contribution in [3.05, 3.63) is 40.0 Å². The molecular formula is C13H14FN5O3S. The van der Waals surface area contributed by atoms with Crippen molar-refractivity contribution < 1.29 is 14.1 Å². The fraction of sp³-hybridized carbons (Fsp3) is 0.308. The zero-order valence-corrected chi connectivity index (χ0v) is 13.2. The van der Waals surface area contributed by atoms with E-state index in [1.54, 1.807) is 6.92 Å². The molecule has 2 rings (SSSR count). The van der Waals surface area contributed by atoms with E-state index in [9.17, 15) is 19.3 Å². The second-order valence-electron chi connectivity index (χ2n) is 4.59. The largest absolute Gasteiger partial charge is 0.325 e. The molecular weight excluding hydrogens is 325 g/mol. The van der Waals surface area contributed by atoms with Crippen LogP contribution in [-0.4, -0.2) is 31.3 Å². The Morgan fingerprint density at radius 2 is 2.30 bits per heavy atom.